The molecule has 1 aromatic rings. The van der Waals surface area contributed by atoms with Crippen LogP contribution in [0.1, 0.15) is 5.56 Å². The number of hydrogen-bond donors (Lipinski definition) is 1. The third kappa shape index (κ3) is 3.01. The molecule has 13 heteroatoms. The van der Waals surface area contributed by atoms with Gasteiger partial charge in [0.15, 0.2) is 0 Å². The smallest absolute Gasteiger partial charge is 0.306 e. The lowest BCUT2D eigenvalue weighted by Crippen LogP contribution is -2.50. The quantitative estimate of drug-likeness (QED) is 0.312. The van der Waals surface area contributed by atoms with Gasteiger partial charge in [0.1, 0.15) is 12.2 Å². The molecule has 3 atom stereocenters. The lowest BCUT2D eigenvalue weighted by Gasteiger charge is -2.33. The van der Waals surface area contributed by atoms with Crippen LogP contribution in [0, 0.1) is 11.3 Å². The molecule has 1 aromatic carbocycles. The zero-order chi connectivity index (χ0) is 19.4. The van der Waals surface area contributed by atoms with Gasteiger partial charge in [0.2, 0.25) is 0 Å². The van der Waals surface area contributed by atoms with Gasteiger partial charge in [-0.25, -0.2) is 8.78 Å². The minimum Gasteiger partial charge on any atom is -0.306 e. The number of alkyl halides is 6. The topological polar surface area (TPSA) is 56.3 Å². The molecule has 138 valence electrons. The summed E-state index contributed by atoms with van der Waals surface area (Å²) in [4.78, 5) is 0. The number of nitriles is 1. The first-order valence-electron chi connectivity index (χ1n) is 6.26. The van der Waals surface area contributed by atoms with Crippen LogP contribution >= 0.6 is 46.8 Å². The molecule has 2 N–H and O–H groups in total. The van der Waals surface area contributed by atoms with Crippen molar-refractivity contribution in [2.75, 3.05) is 11.3 Å². The molecule has 25 heavy (non-hydrogen) atoms. The average molecular weight is 442 g/mol. The summed E-state index contributed by atoms with van der Waals surface area (Å²) in [5, 5.41) is 5.07. The summed E-state index contributed by atoms with van der Waals surface area (Å²) in [5.41, 5.74) is 4.01. The summed E-state index contributed by atoms with van der Waals surface area (Å²) < 4.78 is 68.4. The van der Waals surface area contributed by atoms with Crippen LogP contribution in [0.15, 0.2) is 12.1 Å². The lowest BCUT2D eigenvalue weighted by molar-refractivity contribution is -0.137. The standard InChI is InChI=1S/C12H8Cl3F5N4S/c1-25-24-10(16,4-21)11(15,17)9(22)23(24)8-6(13)2-5(3-7(8)14)12(18,19)20/h2-3,9H,22H2,1H3. The van der Waals surface area contributed by atoms with Crippen molar-refractivity contribution in [3.8, 4) is 6.07 Å². The van der Waals surface area contributed by atoms with E-state index in [2.05, 4.69) is 0 Å². The van der Waals surface area contributed by atoms with Crippen LogP contribution in [0.4, 0.5) is 27.6 Å². The molecule has 1 aliphatic rings. The Balaban J connectivity index is 2.68. The molecule has 1 fully saturated rings. The third-order valence-corrected chi connectivity index (χ3v) is 5.25. The number of benzene rings is 1. The Morgan fingerprint density at radius 2 is 1.76 bits per heavy atom. The molecule has 0 aromatic heterocycles. The highest BCUT2D eigenvalue weighted by Crippen LogP contribution is 2.54. The molecule has 1 heterocycles. The molecule has 0 radical (unpaired) electrons. The SMILES string of the molecule is CSN1N(c2c(Cl)cc(C(F)(F)F)cc2Cl)C(N)C(F)(Cl)C1(F)C#N. The molecule has 0 saturated carbocycles. The first-order chi connectivity index (χ1) is 11.3. The van der Waals surface area contributed by atoms with E-state index in [1.807, 2.05) is 0 Å². The van der Waals surface area contributed by atoms with E-state index in [4.69, 9.17) is 45.8 Å². The summed E-state index contributed by atoms with van der Waals surface area (Å²) in [5.74, 6) is -3.43. The zero-order valence-corrected chi connectivity index (χ0v) is 15.2. The van der Waals surface area contributed by atoms with Crippen molar-refractivity contribution in [1.82, 2.24) is 4.41 Å². The number of rotatable bonds is 2. The molecular weight excluding hydrogens is 434 g/mol. The van der Waals surface area contributed by atoms with Gasteiger partial charge in [-0.05, 0) is 18.4 Å². The number of anilines is 1. The van der Waals surface area contributed by atoms with E-state index in [0.29, 0.717) is 33.5 Å². The van der Waals surface area contributed by atoms with Crippen LogP contribution in [-0.4, -0.2) is 27.8 Å². The number of hydrazine groups is 1. The van der Waals surface area contributed by atoms with Crippen LogP contribution in [0.25, 0.3) is 0 Å². The Morgan fingerprint density at radius 3 is 2.12 bits per heavy atom. The van der Waals surface area contributed by atoms with E-state index < -0.39 is 44.6 Å². The highest BCUT2D eigenvalue weighted by atomic mass is 35.5. The van der Waals surface area contributed by atoms with Gasteiger partial charge in [-0.3, -0.25) is 5.01 Å². The molecule has 0 spiro atoms. The van der Waals surface area contributed by atoms with Crippen molar-refractivity contribution < 1.29 is 22.0 Å². The Bertz CT molecular complexity index is 717. The number of nitrogens with zero attached hydrogens (tertiary/aromatic N) is 3. The van der Waals surface area contributed by atoms with Gasteiger partial charge in [-0.1, -0.05) is 46.8 Å². The Labute approximate surface area is 158 Å². The summed E-state index contributed by atoms with van der Waals surface area (Å²) in [6.45, 7) is 0. The molecule has 4 nitrogen and oxygen atoms in total. The molecule has 1 aliphatic heterocycles. The highest BCUT2D eigenvalue weighted by Gasteiger charge is 2.71. The fraction of sp³-hybridized carbons (Fsp3) is 0.417. The van der Waals surface area contributed by atoms with E-state index >= 15 is 0 Å². The molecule has 0 amide bonds. The summed E-state index contributed by atoms with van der Waals surface area (Å²) in [7, 11) is 0. The molecule has 0 bridgehead atoms. The van der Waals surface area contributed by atoms with Crippen molar-refractivity contribution in [2.24, 2.45) is 5.73 Å². The average Bonchev–Trinajstić information content (AvgIpc) is 2.64. The summed E-state index contributed by atoms with van der Waals surface area (Å²) >= 11 is 17.7. The highest BCUT2D eigenvalue weighted by molar-refractivity contribution is 7.96. The van der Waals surface area contributed by atoms with E-state index in [1.165, 1.54) is 6.26 Å². The molecule has 2 rings (SSSR count). The molecular formula is C12H8Cl3F5N4S. The monoisotopic (exact) mass is 440 g/mol. The second-order valence-electron chi connectivity index (χ2n) is 4.89. The predicted molar refractivity (Wildman–Crippen MR) is 86.4 cm³/mol. The Hall–Kier alpha value is -0.700. The van der Waals surface area contributed by atoms with Crippen LogP contribution in [0.2, 0.25) is 10.0 Å². The molecule has 3 unspecified atom stereocenters. The van der Waals surface area contributed by atoms with Crippen molar-refractivity contribution in [1.29, 1.82) is 5.26 Å². The van der Waals surface area contributed by atoms with E-state index in [1.54, 1.807) is 0 Å². The van der Waals surface area contributed by atoms with Gasteiger partial charge in [0, 0.05) is 0 Å². The van der Waals surface area contributed by atoms with Crippen LogP contribution in [-0.2, 0) is 6.18 Å². The molecule has 1 saturated heterocycles. The van der Waals surface area contributed by atoms with Gasteiger partial charge in [0.25, 0.3) is 5.13 Å². The third-order valence-electron chi connectivity index (χ3n) is 3.43. The second-order valence-corrected chi connectivity index (χ2v) is 6.96. The second kappa shape index (κ2) is 6.48. The minimum absolute atomic E-state index is 0.421. The van der Waals surface area contributed by atoms with E-state index in [-0.39, 0.29) is 0 Å². The summed E-state index contributed by atoms with van der Waals surface area (Å²) in [6.07, 6.45) is -5.47. The van der Waals surface area contributed by atoms with Gasteiger partial charge in [-0.15, -0.1) is 4.41 Å². The predicted octanol–water partition coefficient (Wildman–Crippen LogP) is 4.71. The Kier molecular flexibility index (Phi) is 5.34. The van der Waals surface area contributed by atoms with Crippen molar-refractivity contribution in [3.05, 3.63) is 27.7 Å². The Morgan fingerprint density at radius 1 is 1.28 bits per heavy atom. The van der Waals surface area contributed by atoms with Gasteiger partial charge < -0.3 is 5.73 Å². The number of hydrogen-bond acceptors (Lipinski definition) is 5. The maximum atomic E-state index is 14.9. The lowest BCUT2D eigenvalue weighted by atomic mass is 10.1. The maximum absolute atomic E-state index is 14.9. The zero-order valence-electron chi connectivity index (χ0n) is 12.1. The first-order valence-corrected chi connectivity index (χ1v) is 8.57. The van der Waals surface area contributed by atoms with E-state index in [9.17, 15) is 22.0 Å². The normalized spacial score (nSPS) is 30.6. The largest absolute Gasteiger partial charge is 0.416 e. The van der Waals surface area contributed by atoms with Crippen molar-refractivity contribution >= 4 is 52.4 Å². The van der Waals surface area contributed by atoms with E-state index in [0.717, 1.165) is 6.07 Å². The molecule has 0 aliphatic carbocycles. The number of nitrogens with two attached hydrogens (primary N) is 1. The van der Waals surface area contributed by atoms with Crippen LogP contribution in [0.3, 0.4) is 0 Å². The van der Waals surface area contributed by atoms with Gasteiger partial charge >= 0.3 is 12.0 Å². The van der Waals surface area contributed by atoms with Gasteiger partial charge in [0.05, 0.1) is 21.3 Å². The summed E-state index contributed by atoms with van der Waals surface area (Å²) in [6, 6.07) is 2.12. The first kappa shape index (κ1) is 20.6. The van der Waals surface area contributed by atoms with Crippen LogP contribution in [0.5, 0.6) is 0 Å². The van der Waals surface area contributed by atoms with Crippen LogP contribution < -0.4 is 10.7 Å². The fourth-order valence-corrected chi connectivity index (χ4v) is 3.96. The van der Waals surface area contributed by atoms with Gasteiger partial charge in [-0.2, -0.15) is 18.4 Å². The maximum Gasteiger partial charge on any atom is 0.416 e. The fourth-order valence-electron chi connectivity index (χ4n) is 2.25. The minimum atomic E-state index is -4.75. The van der Waals surface area contributed by atoms with Crippen molar-refractivity contribution in [2.45, 2.75) is 23.3 Å². The van der Waals surface area contributed by atoms with Crippen molar-refractivity contribution in [3.63, 3.8) is 0 Å². The number of halogens is 8.